The van der Waals surface area contributed by atoms with E-state index in [1.54, 1.807) is 0 Å². The summed E-state index contributed by atoms with van der Waals surface area (Å²) in [7, 11) is 0. The standard InChI is InChI=1S/C14H18O2/c1-4-15-13-8-11-6-10(3)7-12(11)9-14(13)16-5-2/h6,8-9H,4-5,7H2,1-3H3. The highest BCUT2D eigenvalue weighted by Gasteiger charge is 2.15. The lowest BCUT2D eigenvalue weighted by Crippen LogP contribution is -1.99. The van der Waals surface area contributed by atoms with Gasteiger partial charge in [0.25, 0.3) is 0 Å². The molecule has 1 aliphatic rings. The highest BCUT2D eigenvalue weighted by molar-refractivity contribution is 5.67. The van der Waals surface area contributed by atoms with Crippen LogP contribution in [0.1, 0.15) is 31.9 Å². The van der Waals surface area contributed by atoms with Crippen LogP contribution in [-0.4, -0.2) is 13.2 Å². The molecule has 0 spiro atoms. The number of fused-ring (bicyclic) bond motifs is 1. The van der Waals surface area contributed by atoms with Crippen molar-refractivity contribution in [3.63, 3.8) is 0 Å². The van der Waals surface area contributed by atoms with Gasteiger partial charge in [-0.2, -0.15) is 0 Å². The molecule has 0 aromatic heterocycles. The van der Waals surface area contributed by atoms with Gasteiger partial charge in [-0.15, -0.1) is 0 Å². The predicted octanol–water partition coefficient (Wildman–Crippen LogP) is 3.44. The average Bonchev–Trinajstić information content (AvgIpc) is 2.58. The van der Waals surface area contributed by atoms with Crippen molar-refractivity contribution < 1.29 is 9.47 Å². The maximum absolute atomic E-state index is 5.60. The first-order chi connectivity index (χ1) is 7.74. The molecular formula is C14H18O2. The van der Waals surface area contributed by atoms with Crippen molar-refractivity contribution in [1.82, 2.24) is 0 Å². The maximum Gasteiger partial charge on any atom is 0.161 e. The Morgan fingerprint density at radius 1 is 1.06 bits per heavy atom. The third-order valence-corrected chi connectivity index (χ3v) is 2.68. The van der Waals surface area contributed by atoms with Gasteiger partial charge in [-0.05, 0) is 50.5 Å². The van der Waals surface area contributed by atoms with Crippen molar-refractivity contribution in [2.45, 2.75) is 27.2 Å². The van der Waals surface area contributed by atoms with E-state index in [9.17, 15) is 0 Å². The summed E-state index contributed by atoms with van der Waals surface area (Å²) in [5.74, 6) is 1.72. The van der Waals surface area contributed by atoms with Gasteiger partial charge in [0.1, 0.15) is 0 Å². The SMILES string of the molecule is CCOc1cc2c(cc1OCC)CC(C)=C2. The number of hydrogen-bond acceptors (Lipinski definition) is 2. The highest BCUT2D eigenvalue weighted by atomic mass is 16.5. The van der Waals surface area contributed by atoms with Crippen LogP contribution in [0.25, 0.3) is 6.08 Å². The predicted molar refractivity (Wildman–Crippen MR) is 66.1 cm³/mol. The summed E-state index contributed by atoms with van der Waals surface area (Å²) in [5, 5.41) is 0. The molecule has 0 radical (unpaired) electrons. The lowest BCUT2D eigenvalue weighted by Gasteiger charge is -2.12. The van der Waals surface area contributed by atoms with E-state index in [1.807, 2.05) is 13.8 Å². The Kier molecular flexibility index (Phi) is 3.18. The monoisotopic (exact) mass is 218 g/mol. The molecule has 1 aliphatic carbocycles. The number of rotatable bonds is 4. The molecule has 0 fully saturated rings. The quantitative estimate of drug-likeness (QED) is 0.770. The molecule has 86 valence electrons. The van der Waals surface area contributed by atoms with E-state index in [1.165, 1.54) is 16.7 Å². The molecular weight excluding hydrogens is 200 g/mol. The van der Waals surface area contributed by atoms with E-state index in [0.29, 0.717) is 13.2 Å². The summed E-state index contributed by atoms with van der Waals surface area (Å²) < 4.78 is 11.2. The first-order valence-electron chi connectivity index (χ1n) is 5.84. The molecule has 1 aromatic carbocycles. The number of ether oxygens (including phenoxy) is 2. The zero-order valence-corrected chi connectivity index (χ0v) is 10.2. The zero-order chi connectivity index (χ0) is 11.5. The normalized spacial score (nSPS) is 13.3. The van der Waals surface area contributed by atoms with Gasteiger partial charge in [-0.25, -0.2) is 0 Å². The van der Waals surface area contributed by atoms with Gasteiger partial charge >= 0.3 is 0 Å². The molecule has 0 N–H and O–H groups in total. The molecule has 0 bridgehead atoms. The van der Waals surface area contributed by atoms with Gasteiger partial charge in [0, 0.05) is 0 Å². The Hall–Kier alpha value is -1.44. The second-order valence-corrected chi connectivity index (χ2v) is 4.03. The summed E-state index contributed by atoms with van der Waals surface area (Å²) in [5.41, 5.74) is 4.00. The Morgan fingerprint density at radius 3 is 2.31 bits per heavy atom. The van der Waals surface area contributed by atoms with E-state index in [0.717, 1.165) is 17.9 Å². The van der Waals surface area contributed by atoms with Crippen molar-refractivity contribution in [3.8, 4) is 11.5 Å². The average molecular weight is 218 g/mol. The lowest BCUT2D eigenvalue weighted by atomic mass is 10.1. The van der Waals surface area contributed by atoms with Crippen LogP contribution >= 0.6 is 0 Å². The lowest BCUT2D eigenvalue weighted by molar-refractivity contribution is 0.287. The third kappa shape index (κ3) is 2.06. The van der Waals surface area contributed by atoms with Gasteiger partial charge in [-0.1, -0.05) is 11.6 Å². The minimum Gasteiger partial charge on any atom is -0.490 e. The molecule has 2 rings (SSSR count). The zero-order valence-electron chi connectivity index (χ0n) is 10.2. The van der Waals surface area contributed by atoms with E-state index < -0.39 is 0 Å². The molecule has 2 heteroatoms. The topological polar surface area (TPSA) is 18.5 Å². The van der Waals surface area contributed by atoms with Crippen LogP contribution < -0.4 is 9.47 Å². The van der Waals surface area contributed by atoms with Crippen molar-refractivity contribution in [3.05, 3.63) is 28.8 Å². The molecule has 0 atom stereocenters. The van der Waals surface area contributed by atoms with Crippen molar-refractivity contribution in [2.24, 2.45) is 0 Å². The highest BCUT2D eigenvalue weighted by Crippen LogP contribution is 2.36. The van der Waals surface area contributed by atoms with Gasteiger partial charge in [0.05, 0.1) is 13.2 Å². The minimum atomic E-state index is 0.668. The summed E-state index contributed by atoms with van der Waals surface area (Å²) in [6.07, 6.45) is 3.25. The second kappa shape index (κ2) is 4.60. The second-order valence-electron chi connectivity index (χ2n) is 4.03. The molecule has 0 heterocycles. The third-order valence-electron chi connectivity index (χ3n) is 2.68. The van der Waals surface area contributed by atoms with Crippen LogP contribution in [0.3, 0.4) is 0 Å². The largest absolute Gasteiger partial charge is 0.490 e. The maximum atomic E-state index is 5.60. The number of allylic oxidation sites excluding steroid dienone is 1. The van der Waals surface area contributed by atoms with Crippen molar-refractivity contribution in [2.75, 3.05) is 13.2 Å². The van der Waals surface area contributed by atoms with E-state index in [4.69, 9.17) is 9.47 Å². The molecule has 2 nitrogen and oxygen atoms in total. The van der Waals surface area contributed by atoms with Crippen LogP contribution in [0.5, 0.6) is 11.5 Å². The Balaban J connectivity index is 2.37. The summed E-state index contributed by atoms with van der Waals surface area (Å²) >= 11 is 0. The van der Waals surface area contributed by atoms with Crippen LogP contribution in [0, 0.1) is 0 Å². The summed E-state index contributed by atoms with van der Waals surface area (Å²) in [6, 6.07) is 4.19. The summed E-state index contributed by atoms with van der Waals surface area (Å²) in [4.78, 5) is 0. The smallest absolute Gasteiger partial charge is 0.161 e. The first kappa shape index (κ1) is 11.1. The van der Waals surface area contributed by atoms with E-state index in [-0.39, 0.29) is 0 Å². The summed E-state index contributed by atoms with van der Waals surface area (Å²) in [6.45, 7) is 7.48. The van der Waals surface area contributed by atoms with Crippen LogP contribution in [0.2, 0.25) is 0 Å². The van der Waals surface area contributed by atoms with Crippen LogP contribution in [0.15, 0.2) is 17.7 Å². The molecule has 0 saturated heterocycles. The first-order valence-corrected chi connectivity index (χ1v) is 5.84. The fourth-order valence-electron chi connectivity index (χ4n) is 2.06. The minimum absolute atomic E-state index is 0.668. The van der Waals surface area contributed by atoms with Gasteiger partial charge in [0.2, 0.25) is 0 Å². The fourth-order valence-corrected chi connectivity index (χ4v) is 2.06. The molecule has 0 amide bonds. The van der Waals surface area contributed by atoms with E-state index >= 15 is 0 Å². The molecule has 1 aromatic rings. The molecule has 16 heavy (non-hydrogen) atoms. The molecule has 0 aliphatic heterocycles. The van der Waals surface area contributed by atoms with Gasteiger partial charge in [0.15, 0.2) is 11.5 Å². The number of hydrogen-bond donors (Lipinski definition) is 0. The van der Waals surface area contributed by atoms with Crippen LogP contribution in [-0.2, 0) is 6.42 Å². The number of benzene rings is 1. The van der Waals surface area contributed by atoms with Gasteiger partial charge in [-0.3, -0.25) is 0 Å². The van der Waals surface area contributed by atoms with Crippen LogP contribution in [0.4, 0.5) is 0 Å². The fraction of sp³-hybridized carbons (Fsp3) is 0.429. The Bertz CT molecular complexity index is 419. The van der Waals surface area contributed by atoms with E-state index in [2.05, 4.69) is 25.1 Å². The molecule has 0 saturated carbocycles. The Morgan fingerprint density at radius 2 is 1.69 bits per heavy atom. The molecule has 0 unspecified atom stereocenters. The Labute approximate surface area is 96.9 Å². The van der Waals surface area contributed by atoms with Crippen molar-refractivity contribution in [1.29, 1.82) is 0 Å². The van der Waals surface area contributed by atoms with Crippen molar-refractivity contribution >= 4 is 6.08 Å². The van der Waals surface area contributed by atoms with Gasteiger partial charge < -0.3 is 9.47 Å².